The summed E-state index contributed by atoms with van der Waals surface area (Å²) in [6.07, 6.45) is 0.636. The number of rotatable bonds is 5. The Labute approximate surface area is 79.5 Å². The first-order valence-corrected chi connectivity index (χ1v) is 4.50. The highest BCUT2D eigenvalue weighted by Crippen LogP contribution is 2.21. The van der Waals surface area contributed by atoms with Crippen LogP contribution >= 0.6 is 0 Å². The van der Waals surface area contributed by atoms with Gasteiger partial charge in [-0.25, -0.2) is 0 Å². The van der Waals surface area contributed by atoms with Gasteiger partial charge in [0, 0.05) is 12.6 Å². The lowest BCUT2D eigenvalue weighted by molar-refractivity contribution is -0.117. The summed E-state index contributed by atoms with van der Waals surface area (Å²) in [7, 11) is 0. The number of carbonyl (C=O) groups excluding carboxylic acids is 1. The van der Waals surface area contributed by atoms with Crippen molar-refractivity contribution in [3.63, 3.8) is 0 Å². The van der Waals surface area contributed by atoms with E-state index in [1.54, 1.807) is 0 Å². The monoisotopic (exact) mass is 188 g/mol. The first-order chi connectivity index (χ1) is 5.88. The summed E-state index contributed by atoms with van der Waals surface area (Å²) in [6, 6.07) is 0.116. The van der Waals surface area contributed by atoms with E-state index in [1.165, 1.54) is 0 Å². The van der Waals surface area contributed by atoms with Crippen molar-refractivity contribution in [2.45, 2.75) is 33.2 Å². The predicted octanol–water partition coefficient (Wildman–Crippen LogP) is -0.142. The van der Waals surface area contributed by atoms with Crippen molar-refractivity contribution in [3.05, 3.63) is 0 Å². The van der Waals surface area contributed by atoms with Gasteiger partial charge in [-0.15, -0.1) is 0 Å². The molecule has 0 radical (unpaired) electrons. The summed E-state index contributed by atoms with van der Waals surface area (Å²) in [5.41, 5.74) is 5.04. The lowest BCUT2D eigenvalue weighted by Crippen LogP contribution is -2.44. The van der Waals surface area contributed by atoms with E-state index in [-0.39, 0.29) is 30.5 Å². The Bertz CT molecular complexity index is 163. The molecule has 0 aromatic carbocycles. The molecule has 0 aliphatic rings. The van der Waals surface area contributed by atoms with Gasteiger partial charge in [-0.05, 0) is 11.8 Å². The molecule has 0 aromatic rings. The minimum atomic E-state index is -0.368. The molecule has 0 spiro atoms. The fourth-order valence-corrected chi connectivity index (χ4v) is 1.19. The summed E-state index contributed by atoms with van der Waals surface area (Å²) in [4.78, 5) is 10.5. The Hall–Kier alpha value is -0.610. The lowest BCUT2D eigenvalue weighted by Gasteiger charge is -2.30. The van der Waals surface area contributed by atoms with E-state index < -0.39 is 0 Å². The van der Waals surface area contributed by atoms with Gasteiger partial charge in [0.2, 0.25) is 5.91 Å². The molecule has 0 bridgehead atoms. The Morgan fingerprint density at radius 3 is 2.38 bits per heavy atom. The zero-order chi connectivity index (χ0) is 10.5. The highest BCUT2D eigenvalue weighted by Gasteiger charge is 2.23. The van der Waals surface area contributed by atoms with Crippen LogP contribution in [0, 0.1) is 5.41 Å². The molecule has 0 aromatic heterocycles. The van der Waals surface area contributed by atoms with E-state index in [0.29, 0.717) is 6.42 Å². The van der Waals surface area contributed by atoms with Gasteiger partial charge >= 0.3 is 0 Å². The number of hydrogen-bond acceptors (Lipinski definition) is 3. The maximum absolute atomic E-state index is 10.5. The van der Waals surface area contributed by atoms with Crippen LogP contribution in [0.5, 0.6) is 0 Å². The molecule has 78 valence electrons. The largest absolute Gasteiger partial charge is 0.396 e. The zero-order valence-corrected chi connectivity index (χ0v) is 8.63. The van der Waals surface area contributed by atoms with Gasteiger partial charge in [0.05, 0.1) is 6.54 Å². The van der Waals surface area contributed by atoms with Gasteiger partial charge in [0.1, 0.15) is 0 Å². The molecule has 0 aliphatic heterocycles. The van der Waals surface area contributed by atoms with Crippen LogP contribution in [-0.2, 0) is 4.79 Å². The Kier molecular flexibility index (Phi) is 4.95. The minimum absolute atomic E-state index is 0.0260. The highest BCUT2D eigenvalue weighted by atomic mass is 16.3. The van der Waals surface area contributed by atoms with E-state index >= 15 is 0 Å². The standard InChI is InChI=1S/C9H20N2O2/c1-9(2,3)7(4-5-12)11-6-8(10)13/h7,11-12H,4-6H2,1-3H3,(H2,10,13). The van der Waals surface area contributed by atoms with Crippen molar-refractivity contribution in [1.82, 2.24) is 5.32 Å². The molecule has 1 amide bonds. The molecule has 4 heteroatoms. The number of amides is 1. The molecule has 0 saturated carbocycles. The molecule has 0 fully saturated rings. The lowest BCUT2D eigenvalue weighted by atomic mass is 9.85. The maximum Gasteiger partial charge on any atom is 0.231 e. The first-order valence-electron chi connectivity index (χ1n) is 4.50. The zero-order valence-electron chi connectivity index (χ0n) is 8.63. The molecule has 4 nitrogen and oxygen atoms in total. The third-order valence-electron chi connectivity index (χ3n) is 1.99. The number of carbonyl (C=O) groups is 1. The quantitative estimate of drug-likeness (QED) is 0.562. The third kappa shape index (κ3) is 5.60. The third-order valence-corrected chi connectivity index (χ3v) is 1.99. The second-order valence-corrected chi connectivity index (χ2v) is 4.28. The smallest absolute Gasteiger partial charge is 0.231 e. The minimum Gasteiger partial charge on any atom is -0.396 e. The Balaban J connectivity index is 4.02. The molecule has 4 N–H and O–H groups in total. The van der Waals surface area contributed by atoms with Crippen LogP contribution in [0.1, 0.15) is 27.2 Å². The fraction of sp³-hybridized carbons (Fsp3) is 0.889. The second-order valence-electron chi connectivity index (χ2n) is 4.28. The van der Waals surface area contributed by atoms with Crippen molar-refractivity contribution in [2.75, 3.05) is 13.2 Å². The van der Waals surface area contributed by atoms with E-state index in [2.05, 4.69) is 26.1 Å². The molecular weight excluding hydrogens is 168 g/mol. The topological polar surface area (TPSA) is 75.3 Å². The molecular formula is C9H20N2O2. The average Bonchev–Trinajstić information content (AvgIpc) is 1.95. The van der Waals surface area contributed by atoms with Crippen LogP contribution in [0.3, 0.4) is 0 Å². The summed E-state index contributed by atoms with van der Waals surface area (Å²) in [5.74, 6) is -0.368. The molecule has 13 heavy (non-hydrogen) atoms. The summed E-state index contributed by atoms with van der Waals surface area (Å²) in [5, 5.41) is 11.8. The van der Waals surface area contributed by atoms with Crippen molar-refractivity contribution in [2.24, 2.45) is 11.1 Å². The van der Waals surface area contributed by atoms with Crippen molar-refractivity contribution in [3.8, 4) is 0 Å². The fourth-order valence-electron chi connectivity index (χ4n) is 1.19. The summed E-state index contributed by atoms with van der Waals surface area (Å²) >= 11 is 0. The molecule has 0 saturated heterocycles. The van der Waals surface area contributed by atoms with Gasteiger partial charge in [0.15, 0.2) is 0 Å². The van der Waals surface area contributed by atoms with Crippen LogP contribution in [0.4, 0.5) is 0 Å². The van der Waals surface area contributed by atoms with Crippen molar-refractivity contribution in [1.29, 1.82) is 0 Å². The highest BCUT2D eigenvalue weighted by molar-refractivity contribution is 5.75. The van der Waals surface area contributed by atoms with E-state index in [9.17, 15) is 4.79 Å². The van der Waals surface area contributed by atoms with Crippen LogP contribution in [0.25, 0.3) is 0 Å². The maximum atomic E-state index is 10.5. The van der Waals surface area contributed by atoms with E-state index in [4.69, 9.17) is 10.8 Å². The van der Waals surface area contributed by atoms with E-state index in [1.807, 2.05) is 0 Å². The molecule has 0 aliphatic carbocycles. The van der Waals surface area contributed by atoms with Gasteiger partial charge < -0.3 is 16.2 Å². The van der Waals surface area contributed by atoms with Gasteiger partial charge in [-0.1, -0.05) is 20.8 Å². The number of aliphatic hydroxyl groups excluding tert-OH is 1. The van der Waals surface area contributed by atoms with Crippen LogP contribution in [-0.4, -0.2) is 30.2 Å². The molecule has 1 atom stereocenters. The molecule has 0 heterocycles. The normalized spacial score (nSPS) is 14.2. The number of primary amides is 1. The van der Waals surface area contributed by atoms with Crippen LogP contribution in [0.2, 0.25) is 0 Å². The SMILES string of the molecule is CC(C)(C)C(CCO)NCC(N)=O. The summed E-state index contributed by atoms with van der Waals surface area (Å²) < 4.78 is 0. The number of aliphatic hydroxyl groups is 1. The first kappa shape index (κ1) is 12.4. The average molecular weight is 188 g/mol. The number of nitrogens with two attached hydrogens (primary N) is 1. The second kappa shape index (κ2) is 5.19. The number of hydrogen-bond donors (Lipinski definition) is 3. The molecule has 0 rings (SSSR count). The number of nitrogens with one attached hydrogen (secondary N) is 1. The van der Waals surface area contributed by atoms with Crippen LogP contribution in [0.15, 0.2) is 0 Å². The van der Waals surface area contributed by atoms with Crippen molar-refractivity contribution >= 4 is 5.91 Å². The van der Waals surface area contributed by atoms with Crippen molar-refractivity contribution < 1.29 is 9.90 Å². The van der Waals surface area contributed by atoms with Gasteiger partial charge in [0.25, 0.3) is 0 Å². The van der Waals surface area contributed by atoms with Crippen LogP contribution < -0.4 is 11.1 Å². The van der Waals surface area contributed by atoms with Gasteiger partial charge in [-0.2, -0.15) is 0 Å². The molecule has 1 unspecified atom stereocenters. The van der Waals surface area contributed by atoms with E-state index in [0.717, 1.165) is 0 Å². The van der Waals surface area contributed by atoms with Gasteiger partial charge in [-0.3, -0.25) is 4.79 Å². The predicted molar refractivity (Wildman–Crippen MR) is 52.1 cm³/mol. The summed E-state index contributed by atoms with van der Waals surface area (Å²) in [6.45, 7) is 6.46. The Morgan fingerprint density at radius 1 is 1.54 bits per heavy atom. The Morgan fingerprint density at radius 2 is 2.08 bits per heavy atom.